The van der Waals surface area contributed by atoms with Gasteiger partial charge in [0.25, 0.3) is 0 Å². The molecular formula is C24H66O3. The molecule has 0 amide bonds. The molecule has 0 aromatic carbocycles. The molecule has 0 saturated carbocycles. The van der Waals surface area contributed by atoms with E-state index in [0.717, 1.165) is 31.7 Å². The van der Waals surface area contributed by atoms with E-state index in [2.05, 4.69) is 41.5 Å². The predicted molar refractivity (Wildman–Crippen MR) is 134 cm³/mol. The van der Waals surface area contributed by atoms with Crippen LogP contribution in [0.5, 0.6) is 0 Å². The first-order chi connectivity index (χ1) is 9.89. The Hall–Kier alpha value is -0.120. The molecule has 3 nitrogen and oxygen atoms in total. The molecule has 3 heteroatoms. The zero-order chi connectivity index (χ0) is 17.1. The molecule has 27 heavy (non-hydrogen) atoms. The maximum atomic E-state index is 4.96. The molecule has 0 heterocycles. The van der Waals surface area contributed by atoms with Gasteiger partial charge in [0.05, 0.1) is 0 Å². The average Bonchev–Trinajstić information content (AvgIpc) is 2.41. The Morgan fingerprint density at radius 3 is 1.04 bits per heavy atom. The molecule has 0 aromatic rings. The van der Waals surface area contributed by atoms with Crippen molar-refractivity contribution in [2.75, 3.05) is 41.2 Å². The van der Waals surface area contributed by atoms with Crippen LogP contribution in [0, 0.1) is 17.8 Å². The smallest absolute Gasteiger partial charge is 0.0487 e. The third kappa shape index (κ3) is 76.6. The molecular weight excluding hydrogens is 336 g/mol. The molecule has 0 aliphatic rings. The number of ether oxygens (including phenoxy) is 3. The number of rotatable bonds is 9. The summed E-state index contributed by atoms with van der Waals surface area (Å²) in [6, 6.07) is 0. The van der Waals surface area contributed by atoms with Crippen molar-refractivity contribution in [1.82, 2.24) is 0 Å². The van der Waals surface area contributed by atoms with Crippen molar-refractivity contribution in [3.63, 3.8) is 0 Å². The van der Waals surface area contributed by atoms with Crippen molar-refractivity contribution in [3.8, 4) is 0 Å². The van der Waals surface area contributed by atoms with E-state index in [-0.39, 0.29) is 44.6 Å². The van der Waals surface area contributed by atoms with Crippen molar-refractivity contribution >= 4 is 0 Å². The molecule has 0 rings (SSSR count). The SMILES string of the molecule is C.C.C.C.C.C.CCC(C)COC.CCCC(C)COC.COCC(C)C. The number of hydrogen-bond donors (Lipinski definition) is 0. The summed E-state index contributed by atoms with van der Waals surface area (Å²) in [6.07, 6.45) is 3.77. The van der Waals surface area contributed by atoms with E-state index < -0.39 is 0 Å². The zero-order valence-corrected chi connectivity index (χ0v) is 16.2. The minimum Gasteiger partial charge on any atom is -0.384 e. The molecule has 180 valence electrons. The third-order valence-electron chi connectivity index (χ3n) is 2.88. The monoisotopic (exact) mass is 403 g/mol. The van der Waals surface area contributed by atoms with Crippen molar-refractivity contribution in [1.29, 1.82) is 0 Å². The fraction of sp³-hybridized carbons (Fsp3) is 1.00. The fourth-order valence-electron chi connectivity index (χ4n) is 1.60. The van der Waals surface area contributed by atoms with Gasteiger partial charge in [-0.3, -0.25) is 0 Å². The normalized spacial score (nSPS) is 10.0. The van der Waals surface area contributed by atoms with Crippen LogP contribution in [0.3, 0.4) is 0 Å². The lowest BCUT2D eigenvalue weighted by atomic mass is 10.1. The van der Waals surface area contributed by atoms with Crippen LogP contribution in [0.4, 0.5) is 0 Å². The summed E-state index contributed by atoms with van der Waals surface area (Å²) < 4.78 is 14.7. The Morgan fingerprint density at radius 1 is 0.556 bits per heavy atom. The standard InChI is InChI=1S/C7H16O.C6H14O.C5H12O.6CH4/c1-4-5-7(2)6-8-3;1-4-6(2)5-7-3;1-5(2)4-6-3;;;;;;/h7H,4-6H2,1-3H3;6H,4-5H2,1-3H3;5H,4H2,1-3H3;6*1H4. The van der Waals surface area contributed by atoms with Gasteiger partial charge in [0, 0.05) is 41.2 Å². The summed E-state index contributed by atoms with van der Waals surface area (Å²) in [5.74, 6) is 2.14. The molecule has 0 aliphatic carbocycles. The molecule has 2 unspecified atom stereocenters. The topological polar surface area (TPSA) is 27.7 Å². The number of methoxy groups -OCH3 is 3. The Morgan fingerprint density at radius 2 is 0.889 bits per heavy atom. The maximum Gasteiger partial charge on any atom is 0.0487 e. The van der Waals surface area contributed by atoms with Crippen LogP contribution in [0.15, 0.2) is 0 Å². The van der Waals surface area contributed by atoms with Crippen LogP contribution in [0.25, 0.3) is 0 Å². The van der Waals surface area contributed by atoms with Crippen LogP contribution in [-0.4, -0.2) is 41.2 Å². The van der Waals surface area contributed by atoms with Crippen LogP contribution < -0.4 is 0 Å². The van der Waals surface area contributed by atoms with Crippen molar-refractivity contribution in [2.24, 2.45) is 17.8 Å². The second-order valence-electron chi connectivity index (χ2n) is 6.17. The van der Waals surface area contributed by atoms with E-state index in [1.54, 1.807) is 21.3 Å². The second kappa shape index (κ2) is 50.1. The highest BCUT2D eigenvalue weighted by molar-refractivity contribution is 4.47. The van der Waals surface area contributed by atoms with Crippen LogP contribution in [-0.2, 0) is 14.2 Å². The van der Waals surface area contributed by atoms with Crippen LogP contribution in [0.2, 0.25) is 0 Å². The Labute approximate surface area is 179 Å². The first-order valence-corrected chi connectivity index (χ1v) is 8.36. The molecule has 0 spiro atoms. The summed E-state index contributed by atoms with van der Waals surface area (Å²) in [4.78, 5) is 0. The van der Waals surface area contributed by atoms with Gasteiger partial charge in [0.2, 0.25) is 0 Å². The van der Waals surface area contributed by atoms with Gasteiger partial charge < -0.3 is 14.2 Å². The first kappa shape index (κ1) is 56.3. The highest BCUT2D eigenvalue weighted by Crippen LogP contribution is 2.03. The average molecular weight is 403 g/mol. The van der Waals surface area contributed by atoms with E-state index in [1.165, 1.54) is 19.3 Å². The highest BCUT2D eigenvalue weighted by Gasteiger charge is 1.96. The summed E-state index contributed by atoms with van der Waals surface area (Å²) in [6.45, 7) is 15.7. The molecule has 2 atom stereocenters. The van der Waals surface area contributed by atoms with Gasteiger partial charge in [-0.15, -0.1) is 0 Å². The minimum absolute atomic E-state index is 0. The van der Waals surface area contributed by atoms with Crippen molar-refractivity contribution in [2.45, 2.75) is 105 Å². The van der Waals surface area contributed by atoms with Gasteiger partial charge in [0.1, 0.15) is 0 Å². The maximum absolute atomic E-state index is 4.96. The largest absolute Gasteiger partial charge is 0.384 e. The molecule has 0 N–H and O–H groups in total. The van der Waals surface area contributed by atoms with Gasteiger partial charge >= 0.3 is 0 Å². The van der Waals surface area contributed by atoms with Crippen molar-refractivity contribution in [3.05, 3.63) is 0 Å². The lowest BCUT2D eigenvalue weighted by Crippen LogP contribution is -2.01. The van der Waals surface area contributed by atoms with E-state index in [0.29, 0.717) is 5.92 Å². The van der Waals surface area contributed by atoms with Gasteiger partial charge in [-0.05, 0) is 24.2 Å². The highest BCUT2D eigenvalue weighted by atomic mass is 16.5. The summed E-state index contributed by atoms with van der Waals surface area (Å²) in [7, 11) is 5.22. The molecule has 0 bridgehead atoms. The van der Waals surface area contributed by atoms with E-state index in [1.807, 2.05) is 0 Å². The molecule has 0 radical (unpaired) electrons. The Kier molecular flexibility index (Phi) is 105. The summed E-state index contributed by atoms with van der Waals surface area (Å²) >= 11 is 0. The second-order valence-corrected chi connectivity index (χ2v) is 6.17. The lowest BCUT2D eigenvalue weighted by molar-refractivity contribution is 0.155. The Balaban J connectivity index is -0.0000000233. The quantitative estimate of drug-likeness (QED) is 0.385. The number of hydrogen-bond acceptors (Lipinski definition) is 3. The van der Waals surface area contributed by atoms with Crippen LogP contribution >= 0.6 is 0 Å². The van der Waals surface area contributed by atoms with Gasteiger partial charge in [-0.25, -0.2) is 0 Å². The summed E-state index contributed by atoms with van der Waals surface area (Å²) in [5, 5.41) is 0. The molecule has 0 aromatic heterocycles. The lowest BCUT2D eigenvalue weighted by Gasteiger charge is -2.06. The molecule has 0 fully saturated rings. The van der Waals surface area contributed by atoms with Gasteiger partial charge in [-0.2, -0.15) is 0 Å². The molecule has 0 aliphatic heterocycles. The van der Waals surface area contributed by atoms with Crippen LogP contribution in [0.1, 0.15) is 105 Å². The molecule has 0 saturated heterocycles. The Bertz CT molecular complexity index is 156. The zero-order valence-electron chi connectivity index (χ0n) is 16.2. The van der Waals surface area contributed by atoms with E-state index >= 15 is 0 Å². The van der Waals surface area contributed by atoms with Crippen molar-refractivity contribution < 1.29 is 14.2 Å². The van der Waals surface area contributed by atoms with E-state index in [4.69, 9.17) is 14.2 Å². The van der Waals surface area contributed by atoms with Gasteiger partial charge in [0.15, 0.2) is 0 Å². The fourth-order valence-corrected chi connectivity index (χ4v) is 1.60. The third-order valence-corrected chi connectivity index (χ3v) is 2.88. The van der Waals surface area contributed by atoms with Gasteiger partial charge in [-0.1, -0.05) is 98.9 Å². The van der Waals surface area contributed by atoms with E-state index in [9.17, 15) is 0 Å². The minimum atomic E-state index is 0. The predicted octanol–water partition coefficient (Wildman–Crippen LogP) is 8.85. The summed E-state index contributed by atoms with van der Waals surface area (Å²) in [5.41, 5.74) is 0. The first-order valence-electron chi connectivity index (χ1n) is 8.36.